The van der Waals surface area contributed by atoms with Gasteiger partial charge in [0.1, 0.15) is 0 Å². The molecular formula is C14H20Cl2N2O2S-2. The summed E-state index contributed by atoms with van der Waals surface area (Å²) >= 11 is 0. The molecule has 0 atom stereocenters. The summed E-state index contributed by atoms with van der Waals surface area (Å²) in [5.41, 5.74) is 0. The van der Waals surface area contributed by atoms with E-state index in [1.807, 2.05) is 58.7 Å². The van der Waals surface area contributed by atoms with E-state index in [1.54, 1.807) is 0 Å². The first kappa shape index (κ1) is 20.1. The third-order valence-corrected chi connectivity index (χ3v) is 4.76. The minimum atomic E-state index is -2.98. The lowest BCUT2D eigenvalue weighted by Crippen LogP contribution is -3.00. The van der Waals surface area contributed by atoms with Crippen molar-refractivity contribution in [3.05, 3.63) is 48.9 Å². The van der Waals surface area contributed by atoms with Crippen LogP contribution in [0.25, 0.3) is 0 Å². The molecule has 2 heterocycles. The van der Waals surface area contributed by atoms with Gasteiger partial charge in [-0.3, -0.25) is 0 Å². The van der Waals surface area contributed by atoms with E-state index in [0.29, 0.717) is 13.1 Å². The molecule has 2 aliphatic rings. The Morgan fingerprint density at radius 1 is 0.762 bits per heavy atom. The maximum absolute atomic E-state index is 12.0. The Balaban J connectivity index is 0.00000200. The molecule has 2 rings (SSSR count). The number of rotatable bonds is 6. The van der Waals surface area contributed by atoms with Crippen molar-refractivity contribution in [1.82, 2.24) is 9.80 Å². The minimum absolute atomic E-state index is 0. The van der Waals surface area contributed by atoms with Gasteiger partial charge in [-0.15, -0.1) is 0 Å². The molecular weight excluding hydrogens is 331 g/mol. The van der Waals surface area contributed by atoms with Crippen molar-refractivity contribution in [2.45, 2.75) is 0 Å². The molecule has 0 radical (unpaired) electrons. The van der Waals surface area contributed by atoms with Crippen molar-refractivity contribution >= 4 is 9.84 Å². The van der Waals surface area contributed by atoms with Crippen LogP contribution in [0.1, 0.15) is 0 Å². The summed E-state index contributed by atoms with van der Waals surface area (Å²) in [6.07, 6.45) is 15.7. The fourth-order valence-electron chi connectivity index (χ4n) is 1.96. The molecule has 0 bridgehead atoms. The number of hydrogen-bond donors (Lipinski definition) is 0. The summed E-state index contributed by atoms with van der Waals surface area (Å²) in [5.74, 6) is 0.442. The van der Waals surface area contributed by atoms with E-state index >= 15 is 0 Å². The van der Waals surface area contributed by atoms with Gasteiger partial charge in [0, 0.05) is 26.2 Å². The van der Waals surface area contributed by atoms with E-state index in [-0.39, 0.29) is 36.3 Å². The summed E-state index contributed by atoms with van der Waals surface area (Å²) < 4.78 is 24.0. The number of sulfone groups is 1. The van der Waals surface area contributed by atoms with E-state index in [4.69, 9.17) is 0 Å². The molecule has 0 aromatic heterocycles. The predicted octanol–water partition coefficient (Wildman–Crippen LogP) is -4.82. The number of allylic oxidation sites excluding steroid dienone is 4. The van der Waals surface area contributed by atoms with Gasteiger partial charge in [-0.1, -0.05) is 24.3 Å². The topological polar surface area (TPSA) is 40.6 Å². The monoisotopic (exact) mass is 350 g/mol. The minimum Gasteiger partial charge on any atom is -1.00 e. The fraction of sp³-hybridized carbons (Fsp3) is 0.429. The molecule has 21 heavy (non-hydrogen) atoms. The second-order valence-electron chi connectivity index (χ2n) is 4.68. The van der Waals surface area contributed by atoms with E-state index in [2.05, 4.69) is 0 Å². The Morgan fingerprint density at radius 2 is 1.19 bits per heavy atom. The molecule has 120 valence electrons. The highest BCUT2D eigenvalue weighted by atomic mass is 35.5. The highest BCUT2D eigenvalue weighted by molar-refractivity contribution is 7.91. The van der Waals surface area contributed by atoms with Gasteiger partial charge in [-0.25, -0.2) is 8.42 Å². The molecule has 0 unspecified atom stereocenters. The zero-order valence-corrected chi connectivity index (χ0v) is 14.1. The van der Waals surface area contributed by atoms with Crippen molar-refractivity contribution in [1.29, 1.82) is 0 Å². The van der Waals surface area contributed by atoms with Crippen LogP contribution in [0.5, 0.6) is 0 Å². The van der Waals surface area contributed by atoms with Crippen LogP contribution in [-0.4, -0.2) is 55.9 Å². The summed E-state index contributed by atoms with van der Waals surface area (Å²) in [7, 11) is -2.98. The number of hydrogen-bond acceptors (Lipinski definition) is 4. The van der Waals surface area contributed by atoms with Crippen molar-refractivity contribution in [2.75, 3.05) is 37.7 Å². The summed E-state index contributed by atoms with van der Waals surface area (Å²) in [5, 5.41) is 0. The lowest BCUT2D eigenvalue weighted by atomic mass is 10.3. The average Bonchev–Trinajstić information content (AvgIpc) is 2.46. The molecule has 0 saturated heterocycles. The third kappa shape index (κ3) is 7.60. The third-order valence-electron chi connectivity index (χ3n) is 3.15. The SMILES string of the molecule is O=S(=O)(CCN1C=CC=CC1)CCN1C=CC=CC1.[Cl-].[Cl-]. The highest BCUT2D eigenvalue weighted by Crippen LogP contribution is 2.03. The molecule has 0 aliphatic carbocycles. The summed E-state index contributed by atoms with van der Waals surface area (Å²) in [6, 6.07) is 0. The first-order valence-electron chi connectivity index (χ1n) is 6.51. The van der Waals surface area contributed by atoms with E-state index < -0.39 is 9.84 Å². The first-order valence-corrected chi connectivity index (χ1v) is 8.33. The van der Waals surface area contributed by atoms with Gasteiger partial charge in [0.25, 0.3) is 0 Å². The van der Waals surface area contributed by atoms with E-state index in [0.717, 1.165) is 13.1 Å². The van der Waals surface area contributed by atoms with Gasteiger partial charge in [-0.2, -0.15) is 0 Å². The van der Waals surface area contributed by atoms with E-state index in [9.17, 15) is 8.42 Å². The van der Waals surface area contributed by atoms with Gasteiger partial charge in [0.2, 0.25) is 0 Å². The van der Waals surface area contributed by atoms with Gasteiger partial charge < -0.3 is 34.6 Å². The smallest absolute Gasteiger partial charge is 0.153 e. The maximum Gasteiger partial charge on any atom is 0.153 e. The Kier molecular flexibility index (Phi) is 9.49. The molecule has 0 N–H and O–H groups in total. The molecule has 0 aromatic carbocycles. The van der Waals surface area contributed by atoms with Gasteiger partial charge >= 0.3 is 0 Å². The second-order valence-corrected chi connectivity index (χ2v) is 6.98. The lowest BCUT2D eigenvalue weighted by molar-refractivity contribution is -0.00100. The molecule has 0 aromatic rings. The zero-order valence-electron chi connectivity index (χ0n) is 11.7. The fourth-order valence-corrected chi connectivity index (χ4v) is 3.19. The second kappa shape index (κ2) is 9.92. The van der Waals surface area contributed by atoms with Crippen LogP contribution in [0, 0.1) is 0 Å². The Morgan fingerprint density at radius 3 is 1.52 bits per heavy atom. The Bertz CT molecular complexity index is 473. The highest BCUT2D eigenvalue weighted by Gasteiger charge is 2.14. The van der Waals surface area contributed by atoms with Crippen LogP contribution in [0.4, 0.5) is 0 Å². The summed E-state index contributed by atoms with van der Waals surface area (Å²) in [4.78, 5) is 4.03. The average molecular weight is 351 g/mol. The van der Waals surface area contributed by atoms with E-state index in [1.165, 1.54) is 0 Å². The molecule has 7 heteroatoms. The molecule has 4 nitrogen and oxygen atoms in total. The van der Waals surface area contributed by atoms with Crippen LogP contribution < -0.4 is 24.8 Å². The molecule has 0 amide bonds. The first-order chi connectivity index (χ1) is 9.16. The molecule has 0 saturated carbocycles. The normalized spacial score (nSPS) is 16.6. The van der Waals surface area contributed by atoms with Crippen LogP contribution >= 0.6 is 0 Å². The zero-order chi connectivity index (χ0) is 13.6. The van der Waals surface area contributed by atoms with Crippen molar-refractivity contribution in [3.63, 3.8) is 0 Å². The van der Waals surface area contributed by atoms with Crippen molar-refractivity contribution < 1.29 is 33.2 Å². The number of halogens is 2. The largest absolute Gasteiger partial charge is 1.00 e. The van der Waals surface area contributed by atoms with Gasteiger partial charge in [0.05, 0.1) is 11.5 Å². The van der Waals surface area contributed by atoms with Crippen molar-refractivity contribution in [3.8, 4) is 0 Å². The standard InChI is InChI=1S/C14H20N2O2S.2ClH/c17-19(18,13-11-15-7-3-1-4-8-15)14-12-16-9-5-2-6-10-16;;/h1-7,9H,8,10-14H2;2*1H/p-2. The van der Waals surface area contributed by atoms with Crippen LogP contribution in [0.15, 0.2) is 48.9 Å². The molecule has 2 aliphatic heterocycles. The van der Waals surface area contributed by atoms with Gasteiger partial charge in [-0.05, 0) is 24.6 Å². The van der Waals surface area contributed by atoms with Crippen LogP contribution in [-0.2, 0) is 9.84 Å². The number of nitrogens with zero attached hydrogens (tertiary/aromatic N) is 2. The van der Waals surface area contributed by atoms with Crippen LogP contribution in [0.3, 0.4) is 0 Å². The Hall–Kier alpha value is -0.910. The maximum atomic E-state index is 12.0. The predicted molar refractivity (Wildman–Crippen MR) is 78.4 cm³/mol. The quantitative estimate of drug-likeness (QED) is 0.482. The van der Waals surface area contributed by atoms with Gasteiger partial charge in [0.15, 0.2) is 9.84 Å². The van der Waals surface area contributed by atoms with Crippen molar-refractivity contribution in [2.24, 2.45) is 0 Å². The Labute approximate surface area is 139 Å². The lowest BCUT2D eigenvalue weighted by Gasteiger charge is -2.22. The summed E-state index contributed by atoms with van der Waals surface area (Å²) in [6.45, 7) is 2.73. The molecule has 0 fully saturated rings. The van der Waals surface area contributed by atoms with Crippen LogP contribution in [0.2, 0.25) is 0 Å². The molecule has 0 spiro atoms.